The van der Waals surface area contributed by atoms with Gasteiger partial charge in [-0.1, -0.05) is 78.9 Å². The third-order valence-corrected chi connectivity index (χ3v) is 2.99. The molecule has 0 saturated carbocycles. The zero-order valence-electron chi connectivity index (χ0n) is 11.0. The van der Waals surface area contributed by atoms with E-state index in [2.05, 4.69) is 0 Å². The topological polar surface area (TPSA) is 20.2 Å². The average molecular weight is 250 g/mol. The van der Waals surface area contributed by atoms with E-state index in [-0.39, 0.29) is 0 Å². The molecule has 0 amide bonds. The molecule has 0 radical (unpaired) electrons. The van der Waals surface area contributed by atoms with Gasteiger partial charge in [0.1, 0.15) is 6.10 Å². The fourth-order valence-electron chi connectivity index (χ4n) is 1.86. The Morgan fingerprint density at radius 2 is 1.53 bits per heavy atom. The number of allylic oxidation sites excluding steroid dienone is 2. The third kappa shape index (κ3) is 3.94. The summed E-state index contributed by atoms with van der Waals surface area (Å²) < 4.78 is 0. The van der Waals surface area contributed by atoms with Gasteiger partial charge in [0.05, 0.1) is 0 Å². The molecule has 0 fully saturated rings. The van der Waals surface area contributed by atoms with Crippen molar-refractivity contribution in [3.63, 3.8) is 0 Å². The molecule has 0 aliphatic heterocycles. The second-order valence-corrected chi connectivity index (χ2v) is 4.49. The van der Waals surface area contributed by atoms with Gasteiger partial charge in [-0.05, 0) is 23.6 Å². The Morgan fingerprint density at radius 1 is 0.947 bits per heavy atom. The van der Waals surface area contributed by atoms with E-state index < -0.39 is 6.10 Å². The summed E-state index contributed by atoms with van der Waals surface area (Å²) in [5, 5.41) is 10.2. The molecule has 0 heterocycles. The van der Waals surface area contributed by atoms with Crippen molar-refractivity contribution in [3.8, 4) is 0 Å². The Labute approximate surface area is 114 Å². The van der Waals surface area contributed by atoms with Gasteiger partial charge in [0.25, 0.3) is 0 Å². The standard InChI is InChI=1S/C18H18O/c1-15(18(19)17-13-6-3-7-14-17)9-8-12-16-10-4-2-5-11-16/h2-14,18-19H,1H3/b12-8+,15-9+. The second kappa shape index (κ2) is 6.72. The molecular formula is C18H18O. The summed E-state index contributed by atoms with van der Waals surface area (Å²) in [5.41, 5.74) is 3.00. The van der Waals surface area contributed by atoms with Crippen LogP contribution in [0.4, 0.5) is 0 Å². The van der Waals surface area contributed by atoms with E-state index >= 15 is 0 Å². The number of hydrogen-bond acceptors (Lipinski definition) is 1. The highest BCUT2D eigenvalue weighted by molar-refractivity contribution is 5.51. The summed E-state index contributed by atoms with van der Waals surface area (Å²) in [6, 6.07) is 19.8. The predicted molar refractivity (Wildman–Crippen MR) is 80.6 cm³/mol. The van der Waals surface area contributed by atoms with Crippen molar-refractivity contribution < 1.29 is 5.11 Å². The van der Waals surface area contributed by atoms with Gasteiger partial charge < -0.3 is 5.11 Å². The molecule has 1 nitrogen and oxygen atoms in total. The maximum atomic E-state index is 10.2. The van der Waals surface area contributed by atoms with Gasteiger partial charge in [-0.2, -0.15) is 0 Å². The summed E-state index contributed by atoms with van der Waals surface area (Å²) in [6.45, 7) is 1.94. The summed E-state index contributed by atoms with van der Waals surface area (Å²) in [7, 11) is 0. The monoisotopic (exact) mass is 250 g/mol. The zero-order valence-corrected chi connectivity index (χ0v) is 11.0. The van der Waals surface area contributed by atoms with Gasteiger partial charge in [0.2, 0.25) is 0 Å². The first-order chi connectivity index (χ1) is 9.27. The van der Waals surface area contributed by atoms with Gasteiger partial charge in [0, 0.05) is 0 Å². The Balaban J connectivity index is 2.05. The maximum absolute atomic E-state index is 10.2. The zero-order chi connectivity index (χ0) is 13.5. The average Bonchev–Trinajstić information content (AvgIpc) is 2.48. The van der Waals surface area contributed by atoms with E-state index in [1.165, 1.54) is 0 Å². The lowest BCUT2D eigenvalue weighted by molar-refractivity contribution is 0.216. The molecule has 2 aromatic rings. The lowest BCUT2D eigenvalue weighted by atomic mass is 10.0. The number of rotatable bonds is 4. The van der Waals surface area contributed by atoms with Crippen LogP contribution in [0.15, 0.2) is 78.4 Å². The van der Waals surface area contributed by atoms with Crippen molar-refractivity contribution in [3.05, 3.63) is 89.5 Å². The van der Waals surface area contributed by atoms with Crippen molar-refractivity contribution in [1.82, 2.24) is 0 Å². The van der Waals surface area contributed by atoms with Gasteiger partial charge in [-0.15, -0.1) is 0 Å². The molecular weight excluding hydrogens is 232 g/mol. The Hall–Kier alpha value is -2.12. The summed E-state index contributed by atoms with van der Waals surface area (Å²) in [6.07, 6.45) is 5.41. The molecule has 0 spiro atoms. The van der Waals surface area contributed by atoms with Gasteiger partial charge in [-0.3, -0.25) is 0 Å². The van der Waals surface area contributed by atoms with Crippen LogP contribution < -0.4 is 0 Å². The van der Waals surface area contributed by atoms with Gasteiger partial charge in [-0.25, -0.2) is 0 Å². The van der Waals surface area contributed by atoms with Crippen molar-refractivity contribution in [1.29, 1.82) is 0 Å². The van der Waals surface area contributed by atoms with Crippen molar-refractivity contribution in [2.45, 2.75) is 13.0 Å². The van der Waals surface area contributed by atoms with Crippen molar-refractivity contribution in [2.24, 2.45) is 0 Å². The molecule has 19 heavy (non-hydrogen) atoms. The third-order valence-electron chi connectivity index (χ3n) is 2.99. The fraction of sp³-hybridized carbons (Fsp3) is 0.111. The van der Waals surface area contributed by atoms with Crippen LogP contribution in [0.1, 0.15) is 24.2 Å². The van der Waals surface area contributed by atoms with Crippen LogP contribution in [0.2, 0.25) is 0 Å². The van der Waals surface area contributed by atoms with Gasteiger partial charge >= 0.3 is 0 Å². The molecule has 0 bridgehead atoms. The van der Waals surface area contributed by atoms with Crippen LogP contribution in [0.5, 0.6) is 0 Å². The molecule has 1 N–H and O–H groups in total. The summed E-state index contributed by atoms with van der Waals surface area (Å²) >= 11 is 0. The molecule has 96 valence electrons. The van der Waals surface area contributed by atoms with Crippen LogP contribution in [-0.2, 0) is 0 Å². The molecule has 1 unspecified atom stereocenters. The minimum atomic E-state index is -0.540. The largest absolute Gasteiger partial charge is 0.384 e. The normalized spacial score (nSPS) is 13.7. The fourth-order valence-corrected chi connectivity index (χ4v) is 1.86. The van der Waals surface area contributed by atoms with E-state index in [1.807, 2.05) is 85.8 Å². The highest BCUT2D eigenvalue weighted by atomic mass is 16.3. The van der Waals surface area contributed by atoms with E-state index in [0.717, 1.165) is 16.7 Å². The van der Waals surface area contributed by atoms with E-state index in [4.69, 9.17) is 0 Å². The van der Waals surface area contributed by atoms with E-state index in [1.54, 1.807) is 0 Å². The first-order valence-electron chi connectivity index (χ1n) is 6.40. The molecule has 0 saturated heterocycles. The molecule has 0 aliphatic carbocycles. The molecule has 2 aromatic carbocycles. The first-order valence-corrected chi connectivity index (χ1v) is 6.40. The van der Waals surface area contributed by atoms with E-state index in [0.29, 0.717) is 0 Å². The van der Waals surface area contributed by atoms with Crippen LogP contribution in [0, 0.1) is 0 Å². The number of benzene rings is 2. The van der Waals surface area contributed by atoms with E-state index in [9.17, 15) is 5.11 Å². The van der Waals surface area contributed by atoms with Crippen LogP contribution in [0.3, 0.4) is 0 Å². The Bertz CT molecular complexity index is 553. The lowest BCUT2D eigenvalue weighted by Crippen LogP contribution is -1.97. The quantitative estimate of drug-likeness (QED) is 0.798. The highest BCUT2D eigenvalue weighted by Crippen LogP contribution is 2.20. The molecule has 2 rings (SSSR count). The lowest BCUT2D eigenvalue weighted by Gasteiger charge is -2.10. The second-order valence-electron chi connectivity index (χ2n) is 4.49. The number of hydrogen-bond donors (Lipinski definition) is 1. The van der Waals surface area contributed by atoms with Crippen molar-refractivity contribution >= 4 is 6.08 Å². The van der Waals surface area contributed by atoms with Crippen molar-refractivity contribution in [2.75, 3.05) is 0 Å². The van der Waals surface area contributed by atoms with Crippen LogP contribution in [-0.4, -0.2) is 5.11 Å². The number of aliphatic hydroxyl groups excluding tert-OH is 1. The molecule has 0 aromatic heterocycles. The first kappa shape index (κ1) is 13.3. The minimum Gasteiger partial charge on any atom is -0.384 e. The molecule has 1 heteroatoms. The van der Waals surface area contributed by atoms with Crippen LogP contribution in [0.25, 0.3) is 6.08 Å². The number of aliphatic hydroxyl groups is 1. The highest BCUT2D eigenvalue weighted by Gasteiger charge is 2.07. The summed E-state index contributed by atoms with van der Waals surface area (Å²) in [5.74, 6) is 0. The van der Waals surface area contributed by atoms with Crippen LogP contribution >= 0.6 is 0 Å². The summed E-state index contributed by atoms with van der Waals surface area (Å²) in [4.78, 5) is 0. The van der Waals surface area contributed by atoms with Gasteiger partial charge in [0.15, 0.2) is 0 Å². The predicted octanol–water partition coefficient (Wildman–Crippen LogP) is 4.38. The SMILES string of the molecule is C/C(=C\C=C\c1ccccc1)C(O)c1ccccc1. The molecule has 1 atom stereocenters. The Morgan fingerprint density at radius 3 is 2.16 bits per heavy atom. The minimum absolute atomic E-state index is 0.540. The Kier molecular flexibility index (Phi) is 4.71. The smallest absolute Gasteiger partial charge is 0.100 e. The molecule has 0 aliphatic rings. The maximum Gasteiger partial charge on any atom is 0.100 e.